The molecule has 0 fully saturated rings. The quantitative estimate of drug-likeness (QED) is 0.249. The first kappa shape index (κ1) is 22.1. The Bertz CT molecular complexity index is 1380. The Morgan fingerprint density at radius 1 is 1.03 bits per heavy atom. The number of carbonyl (C=O) groups is 1. The minimum Gasteiger partial charge on any atom is -0.347 e. The normalized spacial score (nSPS) is 11.1. The average Bonchev–Trinajstić information content (AvgIpc) is 3.62. The number of rotatable bonds is 7. The van der Waals surface area contributed by atoms with Gasteiger partial charge in [-0.05, 0) is 41.9 Å². The molecule has 0 bridgehead atoms. The van der Waals surface area contributed by atoms with Crippen LogP contribution in [0.3, 0.4) is 0 Å². The molecule has 33 heavy (non-hydrogen) atoms. The first-order valence-corrected chi connectivity index (χ1v) is 13.4. The van der Waals surface area contributed by atoms with E-state index in [0.717, 1.165) is 32.5 Å². The Balaban J connectivity index is 1.51. The zero-order valence-electron chi connectivity index (χ0n) is 17.7. The van der Waals surface area contributed by atoms with Crippen LogP contribution in [0.1, 0.15) is 25.8 Å². The van der Waals surface area contributed by atoms with E-state index < -0.39 is 0 Å². The molecule has 0 spiro atoms. The number of halogens is 1. The summed E-state index contributed by atoms with van der Waals surface area (Å²) in [6, 6.07) is 17.9. The molecule has 4 aromatic heterocycles. The molecule has 0 aliphatic rings. The van der Waals surface area contributed by atoms with E-state index in [1.165, 1.54) is 4.88 Å². The van der Waals surface area contributed by atoms with Crippen LogP contribution in [0.15, 0.2) is 70.7 Å². The number of nitrogens with zero attached hydrogens (tertiary/aromatic N) is 2. The van der Waals surface area contributed by atoms with Crippen LogP contribution in [0, 0.1) is 6.92 Å². The van der Waals surface area contributed by atoms with Crippen molar-refractivity contribution in [2.45, 2.75) is 20.0 Å². The lowest BCUT2D eigenvalue weighted by atomic mass is 10.2. The Hall–Kier alpha value is -2.71. The topological polar surface area (TPSA) is 46.9 Å². The number of thiazole rings is 1. The Kier molecular flexibility index (Phi) is 6.46. The highest BCUT2D eigenvalue weighted by Gasteiger charge is 2.21. The first-order valence-electron chi connectivity index (χ1n) is 10.3. The highest BCUT2D eigenvalue weighted by molar-refractivity contribution is 7.13. The van der Waals surface area contributed by atoms with E-state index >= 15 is 0 Å². The minimum atomic E-state index is -0.0753. The number of amides is 1. The van der Waals surface area contributed by atoms with Crippen LogP contribution < -0.4 is 5.32 Å². The molecule has 0 aliphatic heterocycles. The zero-order chi connectivity index (χ0) is 22.8. The predicted octanol–water partition coefficient (Wildman–Crippen LogP) is 7.34. The van der Waals surface area contributed by atoms with E-state index in [0.29, 0.717) is 23.7 Å². The van der Waals surface area contributed by atoms with Crippen molar-refractivity contribution in [1.29, 1.82) is 0 Å². The molecule has 1 amide bonds. The number of hydrogen-bond donors (Lipinski definition) is 1. The van der Waals surface area contributed by atoms with E-state index in [-0.39, 0.29) is 5.91 Å². The zero-order valence-corrected chi connectivity index (χ0v) is 21.0. The monoisotopic (exact) mass is 509 g/mol. The van der Waals surface area contributed by atoms with Gasteiger partial charge in [0.1, 0.15) is 5.01 Å². The third-order valence-electron chi connectivity index (χ3n) is 5.38. The lowest BCUT2D eigenvalue weighted by molar-refractivity contribution is 0.0950. The number of carbonyl (C=O) groups excluding carboxylic acids is 1. The minimum absolute atomic E-state index is 0.0753. The van der Waals surface area contributed by atoms with E-state index in [9.17, 15) is 4.79 Å². The molecule has 0 unspecified atom stereocenters. The summed E-state index contributed by atoms with van der Waals surface area (Å²) < 4.78 is 2.18. The number of aromatic nitrogens is 2. The van der Waals surface area contributed by atoms with Gasteiger partial charge >= 0.3 is 0 Å². The maximum absolute atomic E-state index is 13.1. The van der Waals surface area contributed by atoms with Gasteiger partial charge in [0, 0.05) is 26.4 Å². The molecule has 8 heteroatoms. The fourth-order valence-electron chi connectivity index (χ4n) is 3.67. The number of nitrogens with one attached hydrogen (secondary N) is 1. The Morgan fingerprint density at radius 3 is 2.52 bits per heavy atom. The summed E-state index contributed by atoms with van der Waals surface area (Å²) in [7, 11) is 0. The number of hydrogen-bond acceptors (Lipinski definition) is 5. The summed E-state index contributed by atoms with van der Waals surface area (Å²) >= 11 is 11.3. The largest absolute Gasteiger partial charge is 0.347 e. The van der Waals surface area contributed by atoms with Gasteiger partial charge in [-0.25, -0.2) is 4.98 Å². The van der Waals surface area contributed by atoms with Crippen LogP contribution in [-0.4, -0.2) is 15.5 Å². The van der Waals surface area contributed by atoms with E-state index in [2.05, 4.69) is 21.3 Å². The SMILES string of the molecule is Cc1c(C(=O)NCc2cccs2)cc(-c2csc(-c3ccccc3Cl)n2)n1Cc1cccs1. The maximum Gasteiger partial charge on any atom is 0.253 e. The van der Waals surface area contributed by atoms with Gasteiger partial charge in [-0.2, -0.15) is 0 Å². The summed E-state index contributed by atoms with van der Waals surface area (Å²) in [6.45, 7) is 3.21. The van der Waals surface area contributed by atoms with Crippen LogP contribution in [0.2, 0.25) is 5.02 Å². The molecular formula is C25H20ClN3OS3. The summed E-state index contributed by atoms with van der Waals surface area (Å²) in [6.07, 6.45) is 0. The van der Waals surface area contributed by atoms with Crippen molar-refractivity contribution in [1.82, 2.24) is 14.9 Å². The van der Waals surface area contributed by atoms with E-state index in [4.69, 9.17) is 16.6 Å². The lowest BCUT2D eigenvalue weighted by Crippen LogP contribution is -2.22. The molecule has 4 nitrogen and oxygen atoms in total. The van der Waals surface area contributed by atoms with Crippen molar-refractivity contribution >= 4 is 51.5 Å². The molecule has 0 saturated heterocycles. The van der Waals surface area contributed by atoms with Crippen LogP contribution in [0.4, 0.5) is 0 Å². The Morgan fingerprint density at radius 2 is 1.79 bits per heavy atom. The van der Waals surface area contributed by atoms with Crippen LogP contribution >= 0.6 is 45.6 Å². The standard InChI is InChI=1S/C25H20ClN3OS3/c1-16-20(24(30)27-13-17-6-4-10-31-17)12-23(29(16)14-18-7-5-11-32-18)22-15-33-25(28-22)19-8-2-3-9-21(19)26/h2-12,15H,13-14H2,1H3,(H,27,30). The lowest BCUT2D eigenvalue weighted by Gasteiger charge is -2.10. The van der Waals surface area contributed by atoms with E-state index in [1.807, 2.05) is 66.2 Å². The molecule has 1 aromatic carbocycles. The van der Waals surface area contributed by atoms with Gasteiger partial charge < -0.3 is 9.88 Å². The molecule has 0 radical (unpaired) electrons. The van der Waals surface area contributed by atoms with E-state index in [1.54, 1.807) is 34.0 Å². The predicted molar refractivity (Wildman–Crippen MR) is 140 cm³/mol. The molecular weight excluding hydrogens is 490 g/mol. The van der Waals surface area contributed by atoms with Gasteiger partial charge in [0.15, 0.2) is 0 Å². The van der Waals surface area contributed by atoms with Crippen molar-refractivity contribution in [3.63, 3.8) is 0 Å². The van der Waals surface area contributed by atoms with Gasteiger partial charge in [-0.3, -0.25) is 4.79 Å². The first-order chi connectivity index (χ1) is 16.1. The second-order valence-electron chi connectivity index (χ2n) is 7.47. The molecule has 4 heterocycles. The second-order valence-corrected chi connectivity index (χ2v) is 10.8. The third-order valence-corrected chi connectivity index (χ3v) is 8.32. The maximum atomic E-state index is 13.1. The van der Waals surface area contributed by atoms with Crippen molar-refractivity contribution in [3.8, 4) is 22.0 Å². The summed E-state index contributed by atoms with van der Waals surface area (Å²) in [5, 5.41) is 10.7. The summed E-state index contributed by atoms with van der Waals surface area (Å²) in [5.41, 5.74) is 4.28. The van der Waals surface area contributed by atoms with Crippen molar-refractivity contribution in [3.05, 3.63) is 96.8 Å². The molecule has 0 atom stereocenters. The van der Waals surface area contributed by atoms with Crippen LogP contribution in [0.25, 0.3) is 22.0 Å². The molecule has 5 aromatic rings. The van der Waals surface area contributed by atoms with Gasteiger partial charge in [0.05, 0.1) is 35.1 Å². The van der Waals surface area contributed by atoms with Crippen LogP contribution in [-0.2, 0) is 13.1 Å². The third kappa shape index (κ3) is 4.68. The summed E-state index contributed by atoms with van der Waals surface area (Å²) in [5.74, 6) is -0.0753. The van der Waals surface area contributed by atoms with Gasteiger partial charge in [0.25, 0.3) is 5.91 Å². The fourth-order valence-corrected chi connectivity index (χ4v) is 6.15. The number of benzene rings is 1. The van der Waals surface area contributed by atoms with Crippen molar-refractivity contribution < 1.29 is 4.79 Å². The molecule has 0 saturated carbocycles. The van der Waals surface area contributed by atoms with Crippen molar-refractivity contribution in [2.75, 3.05) is 0 Å². The molecule has 166 valence electrons. The van der Waals surface area contributed by atoms with Gasteiger partial charge in [-0.15, -0.1) is 34.0 Å². The number of thiophene rings is 2. The molecule has 5 rings (SSSR count). The average molecular weight is 510 g/mol. The smallest absolute Gasteiger partial charge is 0.253 e. The molecule has 0 aliphatic carbocycles. The van der Waals surface area contributed by atoms with Crippen molar-refractivity contribution in [2.24, 2.45) is 0 Å². The highest BCUT2D eigenvalue weighted by Crippen LogP contribution is 2.35. The van der Waals surface area contributed by atoms with Gasteiger partial charge in [0.2, 0.25) is 0 Å². The second kappa shape index (κ2) is 9.65. The fraction of sp³-hybridized carbons (Fsp3) is 0.120. The van der Waals surface area contributed by atoms with Gasteiger partial charge in [-0.1, -0.05) is 41.9 Å². The van der Waals surface area contributed by atoms with Crippen LogP contribution in [0.5, 0.6) is 0 Å². The highest BCUT2D eigenvalue weighted by atomic mass is 35.5. The Labute approximate surface area is 209 Å². The molecule has 1 N–H and O–H groups in total. The summed E-state index contributed by atoms with van der Waals surface area (Å²) in [4.78, 5) is 20.3.